The fourth-order valence-corrected chi connectivity index (χ4v) is 3.94. The summed E-state index contributed by atoms with van der Waals surface area (Å²) >= 11 is 5.89. The first-order chi connectivity index (χ1) is 15.1. The van der Waals surface area contributed by atoms with Crippen LogP contribution in [-0.4, -0.2) is 43.7 Å². The number of nitrogens with zero attached hydrogens (tertiary/aromatic N) is 6. The van der Waals surface area contributed by atoms with E-state index in [1.807, 2.05) is 12.1 Å². The van der Waals surface area contributed by atoms with E-state index in [0.29, 0.717) is 22.7 Å². The summed E-state index contributed by atoms with van der Waals surface area (Å²) in [6, 6.07) is 9.48. The Balaban J connectivity index is 1.32. The van der Waals surface area contributed by atoms with E-state index in [9.17, 15) is 8.78 Å². The number of aromatic nitrogens is 5. The quantitative estimate of drug-likeness (QED) is 0.479. The van der Waals surface area contributed by atoms with Crippen molar-refractivity contribution >= 4 is 29.0 Å². The molecule has 1 aliphatic heterocycles. The summed E-state index contributed by atoms with van der Waals surface area (Å²) in [5.74, 6) is -0.455. The first-order valence-corrected chi connectivity index (χ1v) is 10.3. The number of piperidine rings is 1. The van der Waals surface area contributed by atoms with E-state index in [4.69, 9.17) is 11.6 Å². The Morgan fingerprint density at radius 3 is 2.65 bits per heavy atom. The number of nitrogens with one attached hydrogen (secondary N) is 1. The fourth-order valence-electron chi connectivity index (χ4n) is 3.79. The van der Waals surface area contributed by atoms with Crippen molar-refractivity contribution in [3.63, 3.8) is 0 Å². The number of anilines is 2. The van der Waals surface area contributed by atoms with Crippen LogP contribution in [0.15, 0.2) is 48.8 Å². The largest absolute Gasteiger partial charge is 0.356 e. The molecule has 4 aromatic rings. The average molecular weight is 442 g/mol. The van der Waals surface area contributed by atoms with E-state index >= 15 is 0 Å². The highest BCUT2D eigenvalue weighted by molar-refractivity contribution is 6.28. The Morgan fingerprint density at radius 1 is 1.03 bits per heavy atom. The summed E-state index contributed by atoms with van der Waals surface area (Å²) in [4.78, 5) is 15.0. The predicted octanol–water partition coefficient (Wildman–Crippen LogP) is 4.20. The predicted molar refractivity (Wildman–Crippen MR) is 114 cm³/mol. The normalized spacial score (nSPS) is 14.9. The van der Waals surface area contributed by atoms with Crippen molar-refractivity contribution in [2.24, 2.45) is 0 Å². The molecule has 0 radical (unpaired) electrons. The van der Waals surface area contributed by atoms with Gasteiger partial charge in [0.1, 0.15) is 5.82 Å². The number of benzene rings is 1. The van der Waals surface area contributed by atoms with Crippen LogP contribution in [0.5, 0.6) is 0 Å². The molecule has 1 N–H and O–H groups in total. The lowest BCUT2D eigenvalue weighted by atomic mass is 10.1. The van der Waals surface area contributed by atoms with Gasteiger partial charge < -0.3 is 10.2 Å². The standard InChI is InChI=1S/C21H18ClF2N7/c22-20-25-8-5-18(27-20)30-10-6-14(7-11-30)26-21-28-19-15(2-1-9-31(19)29-21)13-3-4-16(23)17(24)12-13/h1-5,8-9,12,14H,6-7,10-11H2,(H,26,29). The lowest BCUT2D eigenvalue weighted by molar-refractivity contribution is 0.509. The van der Waals surface area contributed by atoms with Crippen LogP contribution in [0.25, 0.3) is 16.8 Å². The molecule has 4 heterocycles. The van der Waals surface area contributed by atoms with Gasteiger partial charge in [-0.1, -0.05) is 6.07 Å². The van der Waals surface area contributed by atoms with Crippen LogP contribution in [0.3, 0.4) is 0 Å². The third kappa shape index (κ3) is 4.00. The Labute approximate surface area is 181 Å². The Hall–Kier alpha value is -3.33. The highest BCUT2D eigenvalue weighted by Crippen LogP contribution is 2.26. The molecule has 1 saturated heterocycles. The molecule has 0 aliphatic carbocycles. The topological polar surface area (TPSA) is 71.2 Å². The molecule has 10 heteroatoms. The van der Waals surface area contributed by atoms with E-state index < -0.39 is 11.6 Å². The fraction of sp³-hybridized carbons (Fsp3) is 0.238. The van der Waals surface area contributed by atoms with E-state index in [0.717, 1.165) is 37.8 Å². The first kappa shape index (κ1) is 19.6. The van der Waals surface area contributed by atoms with Gasteiger partial charge in [0, 0.05) is 37.1 Å². The van der Waals surface area contributed by atoms with Crippen molar-refractivity contribution in [2.45, 2.75) is 18.9 Å². The summed E-state index contributed by atoms with van der Waals surface area (Å²) in [7, 11) is 0. The molecule has 1 fully saturated rings. The van der Waals surface area contributed by atoms with Gasteiger partial charge in [0.25, 0.3) is 0 Å². The summed E-state index contributed by atoms with van der Waals surface area (Å²) in [6.45, 7) is 1.64. The smallest absolute Gasteiger partial charge is 0.243 e. The van der Waals surface area contributed by atoms with E-state index in [-0.39, 0.29) is 11.3 Å². The summed E-state index contributed by atoms with van der Waals surface area (Å²) in [5, 5.41) is 8.13. The molecule has 158 valence electrons. The third-order valence-corrected chi connectivity index (χ3v) is 5.54. The molecule has 3 aromatic heterocycles. The second-order valence-electron chi connectivity index (χ2n) is 7.34. The number of hydrogen-bond acceptors (Lipinski definition) is 6. The summed E-state index contributed by atoms with van der Waals surface area (Å²) in [5.41, 5.74) is 1.79. The average Bonchev–Trinajstić information content (AvgIpc) is 3.19. The van der Waals surface area contributed by atoms with Gasteiger partial charge in [-0.25, -0.2) is 23.3 Å². The maximum atomic E-state index is 13.7. The molecule has 0 spiro atoms. The van der Waals surface area contributed by atoms with Crippen molar-refractivity contribution in [1.82, 2.24) is 24.6 Å². The molecule has 0 amide bonds. The van der Waals surface area contributed by atoms with Crippen molar-refractivity contribution in [3.8, 4) is 11.1 Å². The number of pyridine rings is 1. The maximum absolute atomic E-state index is 13.7. The van der Waals surface area contributed by atoms with Gasteiger partial charge in [-0.15, -0.1) is 5.10 Å². The lowest BCUT2D eigenvalue weighted by Gasteiger charge is -2.32. The molecule has 31 heavy (non-hydrogen) atoms. The lowest BCUT2D eigenvalue weighted by Crippen LogP contribution is -2.39. The van der Waals surface area contributed by atoms with Crippen LogP contribution in [0.4, 0.5) is 20.5 Å². The van der Waals surface area contributed by atoms with Crippen molar-refractivity contribution in [3.05, 3.63) is 65.7 Å². The number of fused-ring (bicyclic) bond motifs is 1. The number of rotatable bonds is 4. The van der Waals surface area contributed by atoms with Crippen LogP contribution in [0.1, 0.15) is 12.8 Å². The summed E-state index contributed by atoms with van der Waals surface area (Å²) in [6.07, 6.45) is 5.19. The van der Waals surface area contributed by atoms with Gasteiger partial charge in [-0.05, 0) is 60.3 Å². The monoisotopic (exact) mass is 441 g/mol. The molecular weight excluding hydrogens is 424 g/mol. The van der Waals surface area contributed by atoms with Crippen LogP contribution in [0, 0.1) is 11.6 Å². The van der Waals surface area contributed by atoms with Gasteiger partial charge >= 0.3 is 0 Å². The summed E-state index contributed by atoms with van der Waals surface area (Å²) < 4.78 is 28.7. The minimum Gasteiger partial charge on any atom is -0.356 e. The molecule has 0 bridgehead atoms. The van der Waals surface area contributed by atoms with Crippen LogP contribution in [0.2, 0.25) is 5.28 Å². The second kappa shape index (κ2) is 8.07. The Morgan fingerprint density at radius 2 is 1.87 bits per heavy atom. The highest BCUT2D eigenvalue weighted by atomic mass is 35.5. The molecule has 1 aliphatic rings. The van der Waals surface area contributed by atoms with Gasteiger partial charge in [0.15, 0.2) is 17.3 Å². The molecule has 7 nitrogen and oxygen atoms in total. The van der Waals surface area contributed by atoms with E-state index in [2.05, 4.69) is 30.3 Å². The molecule has 0 atom stereocenters. The van der Waals surface area contributed by atoms with Crippen molar-refractivity contribution in [2.75, 3.05) is 23.3 Å². The van der Waals surface area contributed by atoms with E-state index in [1.165, 1.54) is 12.1 Å². The van der Waals surface area contributed by atoms with Gasteiger partial charge in [-0.2, -0.15) is 4.98 Å². The molecule has 0 unspecified atom stereocenters. The Bertz CT molecular complexity index is 1240. The number of hydrogen-bond donors (Lipinski definition) is 1. The SMILES string of the molecule is Fc1ccc(-c2cccn3nc(NC4CCN(c5ccnc(Cl)n5)CC4)nc23)cc1F. The van der Waals surface area contributed by atoms with Gasteiger partial charge in [-0.3, -0.25) is 0 Å². The van der Waals surface area contributed by atoms with Crippen molar-refractivity contribution < 1.29 is 8.78 Å². The zero-order valence-corrected chi connectivity index (χ0v) is 17.1. The highest BCUT2D eigenvalue weighted by Gasteiger charge is 2.22. The van der Waals surface area contributed by atoms with Crippen LogP contribution >= 0.6 is 11.6 Å². The second-order valence-corrected chi connectivity index (χ2v) is 7.68. The first-order valence-electron chi connectivity index (χ1n) is 9.88. The molecule has 0 saturated carbocycles. The zero-order valence-electron chi connectivity index (χ0n) is 16.3. The molecule has 5 rings (SSSR count). The van der Waals surface area contributed by atoms with Crippen molar-refractivity contribution in [1.29, 1.82) is 0 Å². The van der Waals surface area contributed by atoms with Gasteiger partial charge in [0.2, 0.25) is 11.2 Å². The van der Waals surface area contributed by atoms with Crippen LogP contribution < -0.4 is 10.2 Å². The molecule has 1 aromatic carbocycles. The Kier molecular flexibility index (Phi) is 5.11. The van der Waals surface area contributed by atoms with E-state index in [1.54, 1.807) is 23.0 Å². The minimum atomic E-state index is -0.894. The van der Waals surface area contributed by atoms with Gasteiger partial charge in [0.05, 0.1) is 0 Å². The number of halogens is 3. The minimum absolute atomic E-state index is 0.206. The zero-order chi connectivity index (χ0) is 21.4. The molecular formula is C21H18ClF2N7. The third-order valence-electron chi connectivity index (χ3n) is 5.36. The maximum Gasteiger partial charge on any atom is 0.243 e. The van der Waals surface area contributed by atoms with Crippen LogP contribution in [-0.2, 0) is 0 Å².